The average Bonchev–Trinajstić information content (AvgIpc) is 3.10. The van der Waals surface area contributed by atoms with Crippen LogP contribution in [0.1, 0.15) is 23.1 Å². The minimum atomic E-state index is -4.47. The zero-order chi connectivity index (χ0) is 24.0. The molecule has 1 saturated heterocycles. The van der Waals surface area contributed by atoms with Gasteiger partial charge >= 0.3 is 12.1 Å². The molecule has 1 aliphatic heterocycles. The van der Waals surface area contributed by atoms with Gasteiger partial charge in [0.2, 0.25) is 5.91 Å². The predicted molar refractivity (Wildman–Crippen MR) is 116 cm³/mol. The topological polar surface area (TPSA) is 110 Å². The van der Waals surface area contributed by atoms with Gasteiger partial charge < -0.3 is 19.9 Å². The number of ether oxygens (including phenoxy) is 2. The number of halogens is 3. The van der Waals surface area contributed by atoms with E-state index in [0.717, 1.165) is 23.9 Å². The molecule has 1 atom stereocenters. The van der Waals surface area contributed by atoms with E-state index in [1.807, 2.05) is 0 Å². The quantitative estimate of drug-likeness (QED) is 0.440. The fourth-order valence-electron chi connectivity index (χ4n) is 2.81. The van der Waals surface area contributed by atoms with E-state index in [1.165, 1.54) is 25.5 Å². The standard InChI is InChI=1S/C21H18F3N3O5S/c1-31-16-6-5-12(10-25-27-20-26-19(30)17(33-20)9-18(28)29)7-13(16)11-32-15-4-2-3-14(8-15)21(22,23)24/h2-8,10,17H,9,11H2,1H3,(H,28,29)(H,26,27,30). The van der Waals surface area contributed by atoms with Crippen molar-refractivity contribution in [3.8, 4) is 11.5 Å². The number of methoxy groups -OCH3 is 1. The Balaban J connectivity index is 1.69. The summed E-state index contributed by atoms with van der Waals surface area (Å²) in [5.74, 6) is -1.01. The maximum atomic E-state index is 12.9. The second-order valence-corrected chi connectivity index (χ2v) is 7.92. The highest BCUT2D eigenvalue weighted by Gasteiger charge is 2.32. The van der Waals surface area contributed by atoms with Crippen molar-refractivity contribution in [3.05, 3.63) is 59.2 Å². The van der Waals surface area contributed by atoms with Gasteiger partial charge in [-0.25, -0.2) is 0 Å². The largest absolute Gasteiger partial charge is 0.496 e. The molecule has 2 aromatic rings. The van der Waals surface area contributed by atoms with Crippen LogP contribution in [-0.2, 0) is 22.4 Å². The first kappa shape index (κ1) is 24.1. The molecule has 1 aliphatic rings. The molecule has 0 aliphatic carbocycles. The van der Waals surface area contributed by atoms with Gasteiger partial charge in [-0.3, -0.25) is 9.59 Å². The van der Waals surface area contributed by atoms with Crippen LogP contribution in [-0.4, -0.2) is 40.7 Å². The van der Waals surface area contributed by atoms with E-state index in [2.05, 4.69) is 15.5 Å². The summed E-state index contributed by atoms with van der Waals surface area (Å²) in [4.78, 5) is 22.5. The third kappa shape index (κ3) is 6.72. The Morgan fingerprint density at radius 1 is 1.27 bits per heavy atom. The maximum Gasteiger partial charge on any atom is 0.416 e. The second-order valence-electron chi connectivity index (χ2n) is 6.73. The molecule has 0 bridgehead atoms. The summed E-state index contributed by atoms with van der Waals surface area (Å²) in [6.45, 7) is -0.0521. The van der Waals surface area contributed by atoms with Gasteiger partial charge in [-0.1, -0.05) is 17.8 Å². The van der Waals surface area contributed by atoms with E-state index in [-0.39, 0.29) is 23.9 Å². The minimum Gasteiger partial charge on any atom is -0.496 e. The fourth-order valence-corrected chi connectivity index (χ4v) is 3.72. The predicted octanol–water partition coefficient (Wildman–Crippen LogP) is 3.69. The van der Waals surface area contributed by atoms with Crippen molar-refractivity contribution >= 4 is 35.0 Å². The van der Waals surface area contributed by atoms with Crippen molar-refractivity contribution in [2.24, 2.45) is 10.2 Å². The zero-order valence-electron chi connectivity index (χ0n) is 17.1. The number of nitrogens with one attached hydrogen (secondary N) is 1. The first-order chi connectivity index (χ1) is 15.7. The molecule has 1 heterocycles. The van der Waals surface area contributed by atoms with E-state index in [4.69, 9.17) is 14.6 Å². The van der Waals surface area contributed by atoms with E-state index in [9.17, 15) is 22.8 Å². The lowest BCUT2D eigenvalue weighted by Crippen LogP contribution is -2.26. The molecule has 0 radical (unpaired) electrons. The monoisotopic (exact) mass is 481 g/mol. The van der Waals surface area contributed by atoms with Crippen LogP contribution < -0.4 is 14.8 Å². The Kier molecular flexibility index (Phi) is 7.59. The molecule has 1 unspecified atom stereocenters. The van der Waals surface area contributed by atoms with Crippen molar-refractivity contribution in [3.63, 3.8) is 0 Å². The average molecular weight is 481 g/mol. The molecule has 1 amide bonds. The SMILES string of the molecule is COc1ccc(C=NN=C2NC(=O)C(CC(=O)O)S2)cc1COc1cccc(C(F)(F)F)c1. The van der Waals surface area contributed by atoms with Gasteiger partial charge in [-0.15, -0.1) is 5.10 Å². The smallest absolute Gasteiger partial charge is 0.416 e. The zero-order valence-corrected chi connectivity index (χ0v) is 17.9. The number of benzene rings is 2. The molecule has 0 spiro atoms. The molecular formula is C21H18F3N3O5S. The van der Waals surface area contributed by atoms with Crippen molar-refractivity contribution in [2.75, 3.05) is 7.11 Å². The second kappa shape index (κ2) is 10.4. The van der Waals surface area contributed by atoms with E-state index >= 15 is 0 Å². The molecule has 174 valence electrons. The number of hydrogen-bond donors (Lipinski definition) is 2. The highest BCUT2D eigenvalue weighted by molar-refractivity contribution is 8.15. The fraction of sp³-hybridized carbons (Fsp3) is 0.238. The molecule has 0 aromatic heterocycles. The first-order valence-corrected chi connectivity index (χ1v) is 10.3. The van der Waals surface area contributed by atoms with Crippen molar-refractivity contribution in [1.82, 2.24) is 5.32 Å². The lowest BCUT2D eigenvalue weighted by atomic mass is 10.1. The number of carboxylic acids is 1. The first-order valence-electron chi connectivity index (χ1n) is 9.43. The summed E-state index contributed by atoms with van der Waals surface area (Å²) >= 11 is 0.975. The molecule has 3 rings (SSSR count). The number of amidine groups is 1. The van der Waals surface area contributed by atoms with E-state index < -0.39 is 28.9 Å². The number of rotatable bonds is 8. The lowest BCUT2D eigenvalue weighted by Gasteiger charge is -2.12. The third-order valence-corrected chi connectivity index (χ3v) is 5.42. The van der Waals surface area contributed by atoms with Crippen molar-refractivity contribution in [2.45, 2.75) is 24.5 Å². The van der Waals surface area contributed by atoms with Gasteiger partial charge in [0.25, 0.3) is 0 Å². The van der Waals surface area contributed by atoms with Crippen LogP contribution in [0.15, 0.2) is 52.7 Å². The molecule has 2 aromatic carbocycles. The summed E-state index contributed by atoms with van der Waals surface area (Å²) in [7, 11) is 1.45. The number of alkyl halides is 3. The maximum absolute atomic E-state index is 12.9. The Morgan fingerprint density at radius 3 is 2.76 bits per heavy atom. The number of thioether (sulfide) groups is 1. The molecular weight excluding hydrogens is 463 g/mol. The van der Waals surface area contributed by atoms with Crippen LogP contribution in [0.3, 0.4) is 0 Å². The molecule has 0 saturated carbocycles. The van der Waals surface area contributed by atoms with Crippen LogP contribution in [0.5, 0.6) is 11.5 Å². The summed E-state index contributed by atoms with van der Waals surface area (Å²) < 4.78 is 49.4. The highest BCUT2D eigenvalue weighted by Crippen LogP contribution is 2.32. The van der Waals surface area contributed by atoms with Crippen LogP contribution >= 0.6 is 11.8 Å². The third-order valence-electron chi connectivity index (χ3n) is 4.35. The number of hydrogen-bond acceptors (Lipinski definition) is 7. The minimum absolute atomic E-state index is 0.0521. The lowest BCUT2D eigenvalue weighted by molar-refractivity contribution is -0.138. The van der Waals surface area contributed by atoms with Gasteiger partial charge in [0, 0.05) is 5.56 Å². The normalized spacial score (nSPS) is 17.4. The summed E-state index contributed by atoms with van der Waals surface area (Å²) in [5.41, 5.74) is 0.352. The molecule has 33 heavy (non-hydrogen) atoms. The van der Waals surface area contributed by atoms with Crippen LogP contribution in [0.4, 0.5) is 13.2 Å². The van der Waals surface area contributed by atoms with Crippen molar-refractivity contribution in [1.29, 1.82) is 0 Å². The van der Waals surface area contributed by atoms with Gasteiger partial charge in [0.1, 0.15) is 23.4 Å². The summed E-state index contributed by atoms with van der Waals surface area (Å²) in [5, 5.41) is 18.5. The Hall–Kier alpha value is -3.54. The van der Waals surface area contributed by atoms with Crippen LogP contribution in [0.2, 0.25) is 0 Å². The number of carboxylic acid groups (broad SMARTS) is 1. The Bertz CT molecular complexity index is 1100. The molecule has 2 N–H and O–H groups in total. The molecule has 12 heteroatoms. The Labute approximate surface area is 190 Å². The number of aliphatic carboxylic acids is 1. The number of nitrogens with zero attached hydrogens (tertiary/aromatic N) is 2. The number of carbonyl (C=O) groups is 2. The van der Waals surface area contributed by atoms with Gasteiger partial charge in [-0.2, -0.15) is 18.3 Å². The van der Waals surface area contributed by atoms with Gasteiger partial charge in [0.05, 0.1) is 25.3 Å². The van der Waals surface area contributed by atoms with E-state index in [1.54, 1.807) is 18.2 Å². The van der Waals surface area contributed by atoms with E-state index in [0.29, 0.717) is 16.9 Å². The van der Waals surface area contributed by atoms with Crippen LogP contribution in [0, 0.1) is 0 Å². The molecule has 1 fully saturated rings. The Morgan fingerprint density at radius 2 is 2.06 bits per heavy atom. The highest BCUT2D eigenvalue weighted by atomic mass is 32.2. The summed E-state index contributed by atoms with van der Waals surface area (Å²) in [6, 6.07) is 9.56. The number of carbonyl (C=O) groups excluding carboxylic acids is 1. The molecule has 8 nitrogen and oxygen atoms in total. The van der Waals surface area contributed by atoms with Crippen molar-refractivity contribution < 1.29 is 37.3 Å². The van der Waals surface area contributed by atoms with Crippen LogP contribution in [0.25, 0.3) is 0 Å². The number of amides is 1. The summed E-state index contributed by atoms with van der Waals surface area (Å²) in [6.07, 6.45) is -3.40. The van der Waals surface area contributed by atoms with Gasteiger partial charge in [0.15, 0.2) is 5.17 Å². The van der Waals surface area contributed by atoms with Gasteiger partial charge in [-0.05, 0) is 42.0 Å².